The highest BCUT2D eigenvalue weighted by Gasteiger charge is 2.30. The molecule has 2 amide bonds. The molecule has 250 valence electrons. The van der Waals surface area contributed by atoms with Gasteiger partial charge in [-0.3, -0.25) is 9.59 Å². The van der Waals surface area contributed by atoms with Gasteiger partial charge in [-0.25, -0.2) is 9.59 Å². The number of hydrogen-bond donors (Lipinski definition) is 3. The molecule has 0 radical (unpaired) electrons. The Bertz CT molecular complexity index is 1710. The average molecular weight is 657 g/mol. The quantitative estimate of drug-likeness (QED) is 0.114. The van der Waals surface area contributed by atoms with E-state index in [1.807, 2.05) is 6.07 Å². The Balaban J connectivity index is 1.63. The summed E-state index contributed by atoms with van der Waals surface area (Å²) in [7, 11) is 2.87. The highest BCUT2D eigenvalue weighted by Crippen LogP contribution is 2.35. The number of hydrogen-bond acceptors (Lipinski definition) is 10. The molecule has 12 nitrogen and oxygen atoms in total. The first-order valence-electron chi connectivity index (χ1n) is 14.9. The number of carbonyl (C=O) groups excluding carboxylic acids is 4. The summed E-state index contributed by atoms with van der Waals surface area (Å²) in [5, 5.41) is 15.0. The number of ether oxygens (including phenoxy) is 5. The van der Waals surface area contributed by atoms with Gasteiger partial charge in [0.15, 0.2) is 17.5 Å². The summed E-state index contributed by atoms with van der Waals surface area (Å²) in [6.07, 6.45) is -0.189. The lowest BCUT2D eigenvalue weighted by atomic mass is 10.0. The lowest BCUT2D eigenvalue weighted by molar-refractivity contribution is -0.147. The molecular weight excluding hydrogens is 620 g/mol. The van der Waals surface area contributed by atoms with Crippen molar-refractivity contribution in [1.29, 1.82) is 0 Å². The molecule has 0 unspecified atom stereocenters. The summed E-state index contributed by atoms with van der Waals surface area (Å²) >= 11 is 0. The van der Waals surface area contributed by atoms with E-state index >= 15 is 0 Å². The largest absolute Gasteiger partial charge is 0.508 e. The average Bonchev–Trinajstić information content (AvgIpc) is 3.10. The van der Waals surface area contributed by atoms with Gasteiger partial charge in [0.1, 0.15) is 36.2 Å². The van der Waals surface area contributed by atoms with Crippen molar-refractivity contribution in [2.45, 2.75) is 32.0 Å². The van der Waals surface area contributed by atoms with Gasteiger partial charge in [0.05, 0.1) is 20.8 Å². The Labute approximate surface area is 277 Å². The van der Waals surface area contributed by atoms with Crippen LogP contribution in [-0.2, 0) is 32.1 Å². The van der Waals surface area contributed by atoms with E-state index in [-0.39, 0.29) is 42.4 Å². The molecule has 0 aromatic heterocycles. The van der Waals surface area contributed by atoms with E-state index in [1.165, 1.54) is 44.6 Å². The van der Waals surface area contributed by atoms with Gasteiger partial charge in [0.2, 0.25) is 5.91 Å². The van der Waals surface area contributed by atoms with Crippen LogP contribution in [0.3, 0.4) is 0 Å². The van der Waals surface area contributed by atoms with Crippen molar-refractivity contribution in [1.82, 2.24) is 10.6 Å². The Morgan fingerprint density at radius 1 is 0.792 bits per heavy atom. The molecule has 0 bridgehead atoms. The fraction of sp³-hybridized carbons (Fsp3) is 0.222. The van der Waals surface area contributed by atoms with Gasteiger partial charge < -0.3 is 39.4 Å². The third-order valence-corrected chi connectivity index (χ3v) is 7.03. The zero-order valence-corrected chi connectivity index (χ0v) is 26.6. The molecule has 0 aliphatic carbocycles. The summed E-state index contributed by atoms with van der Waals surface area (Å²) in [6, 6.07) is 21.8. The number of rotatable bonds is 15. The number of phenolic OH excluding ortho intramolecular Hbond substituents is 1. The zero-order valence-electron chi connectivity index (χ0n) is 26.6. The topological polar surface area (TPSA) is 159 Å². The molecule has 0 spiro atoms. The maximum Gasteiger partial charge on any atom is 0.408 e. The summed E-state index contributed by atoms with van der Waals surface area (Å²) in [5.41, 5.74) is 1.96. The van der Waals surface area contributed by atoms with Crippen LogP contribution >= 0.6 is 0 Å². The summed E-state index contributed by atoms with van der Waals surface area (Å²) < 4.78 is 27.5. The third-order valence-electron chi connectivity index (χ3n) is 7.03. The van der Waals surface area contributed by atoms with Crippen LogP contribution in [0.15, 0.2) is 91.0 Å². The highest BCUT2D eigenvalue weighted by molar-refractivity contribution is 5.90. The van der Waals surface area contributed by atoms with E-state index in [0.29, 0.717) is 28.9 Å². The van der Waals surface area contributed by atoms with Crippen LogP contribution in [0.1, 0.15) is 40.0 Å². The lowest BCUT2D eigenvalue weighted by Gasteiger charge is -2.23. The SMILES string of the molecule is CCOC(=O)[C@@H](NC(=O)[C@@H](Cc1ccc(O)cc1)NC(=O)OCc1ccccc1)c1cc(OC)cc(Oc2cc(C=O)ccc2OC)c1. The first-order chi connectivity index (χ1) is 23.2. The van der Waals surface area contributed by atoms with Gasteiger partial charge in [-0.15, -0.1) is 0 Å². The normalized spacial score (nSPS) is 11.7. The second-order valence-corrected chi connectivity index (χ2v) is 10.4. The third kappa shape index (κ3) is 9.73. The van der Waals surface area contributed by atoms with Gasteiger partial charge in [-0.2, -0.15) is 0 Å². The molecule has 12 heteroatoms. The van der Waals surface area contributed by atoms with Crippen molar-refractivity contribution in [3.05, 3.63) is 113 Å². The van der Waals surface area contributed by atoms with Crippen LogP contribution in [0.5, 0.6) is 28.7 Å². The number of benzene rings is 4. The van der Waals surface area contributed by atoms with Crippen LogP contribution in [-0.4, -0.2) is 56.2 Å². The maximum absolute atomic E-state index is 13.9. The zero-order chi connectivity index (χ0) is 34.5. The number of nitrogens with one attached hydrogen (secondary N) is 2. The Morgan fingerprint density at radius 2 is 1.52 bits per heavy atom. The second kappa shape index (κ2) is 17.0. The van der Waals surface area contributed by atoms with E-state index in [1.54, 1.807) is 61.5 Å². The van der Waals surface area contributed by atoms with Crippen molar-refractivity contribution in [3.8, 4) is 28.7 Å². The number of methoxy groups -OCH3 is 2. The molecule has 48 heavy (non-hydrogen) atoms. The van der Waals surface area contributed by atoms with E-state index in [2.05, 4.69) is 10.6 Å². The Morgan fingerprint density at radius 3 is 2.19 bits per heavy atom. The van der Waals surface area contributed by atoms with Gasteiger partial charge in [-0.1, -0.05) is 42.5 Å². The van der Waals surface area contributed by atoms with E-state index in [4.69, 9.17) is 23.7 Å². The van der Waals surface area contributed by atoms with Crippen molar-refractivity contribution in [2.75, 3.05) is 20.8 Å². The van der Waals surface area contributed by atoms with Crippen molar-refractivity contribution in [2.24, 2.45) is 0 Å². The molecule has 0 saturated heterocycles. The molecule has 4 rings (SSSR count). The molecule has 0 aliphatic rings. The predicted molar refractivity (Wildman–Crippen MR) is 174 cm³/mol. The molecule has 0 fully saturated rings. The fourth-order valence-electron chi connectivity index (χ4n) is 4.64. The standard InChI is InChI=1S/C36H36N2O10/c1-4-46-35(42)33(26-18-28(44-2)20-29(19-26)48-32-17-25(21-39)12-15-31(32)45-3)38-34(41)30(16-23-10-13-27(40)14-11-23)37-36(43)47-22-24-8-6-5-7-9-24/h5-15,17-21,30,33,40H,4,16,22H2,1-3H3,(H,37,43)(H,38,41)/t30-,33+/m1/s1. The summed E-state index contributed by atoms with van der Waals surface area (Å²) in [5.74, 6) is -0.391. The predicted octanol–water partition coefficient (Wildman–Crippen LogP) is 5.27. The minimum Gasteiger partial charge on any atom is -0.508 e. The first kappa shape index (κ1) is 34.8. The number of carbonyl (C=O) groups is 4. The van der Waals surface area contributed by atoms with E-state index in [9.17, 15) is 24.3 Å². The fourth-order valence-corrected chi connectivity index (χ4v) is 4.64. The lowest BCUT2D eigenvalue weighted by Crippen LogP contribution is -2.50. The number of esters is 1. The monoisotopic (exact) mass is 656 g/mol. The minimum absolute atomic E-state index is 0.00142. The van der Waals surface area contributed by atoms with Crippen LogP contribution < -0.4 is 24.8 Å². The van der Waals surface area contributed by atoms with Crippen molar-refractivity contribution < 1.29 is 48.0 Å². The number of alkyl carbamates (subject to hydrolysis) is 1. The highest BCUT2D eigenvalue weighted by atomic mass is 16.5. The van der Waals surface area contributed by atoms with Gasteiger partial charge in [-0.05, 0) is 66.1 Å². The Hall–Kier alpha value is -6.04. The van der Waals surface area contributed by atoms with Crippen molar-refractivity contribution >= 4 is 24.3 Å². The maximum atomic E-state index is 13.9. The number of phenols is 1. The van der Waals surface area contributed by atoms with E-state index < -0.39 is 30.1 Å². The molecule has 4 aromatic rings. The number of aldehydes is 1. The smallest absolute Gasteiger partial charge is 0.408 e. The molecule has 0 aliphatic heterocycles. The van der Waals surface area contributed by atoms with Crippen LogP contribution in [0.2, 0.25) is 0 Å². The summed E-state index contributed by atoms with van der Waals surface area (Å²) in [6.45, 7) is 1.62. The first-order valence-corrected chi connectivity index (χ1v) is 14.9. The Kier molecular flexibility index (Phi) is 12.4. The molecular formula is C36H36N2O10. The molecule has 2 atom stereocenters. The van der Waals surface area contributed by atoms with Crippen molar-refractivity contribution in [3.63, 3.8) is 0 Å². The van der Waals surface area contributed by atoms with Crippen LogP contribution in [0.4, 0.5) is 4.79 Å². The van der Waals surface area contributed by atoms with Crippen LogP contribution in [0.25, 0.3) is 0 Å². The number of amides is 2. The van der Waals surface area contributed by atoms with Gasteiger partial charge in [0.25, 0.3) is 0 Å². The summed E-state index contributed by atoms with van der Waals surface area (Å²) in [4.78, 5) is 51.4. The molecule has 4 aromatic carbocycles. The van der Waals surface area contributed by atoms with Crippen LogP contribution in [0, 0.1) is 0 Å². The molecule has 0 heterocycles. The minimum atomic E-state index is -1.36. The molecule has 3 N–H and O–H groups in total. The van der Waals surface area contributed by atoms with Gasteiger partial charge in [0, 0.05) is 18.1 Å². The van der Waals surface area contributed by atoms with E-state index in [0.717, 1.165) is 5.56 Å². The van der Waals surface area contributed by atoms with Gasteiger partial charge >= 0.3 is 12.1 Å². The molecule has 0 saturated carbocycles. The second-order valence-electron chi connectivity index (χ2n) is 10.4. The number of aromatic hydroxyl groups is 1.